The van der Waals surface area contributed by atoms with Crippen molar-refractivity contribution >= 4 is 63.6 Å². The third kappa shape index (κ3) is 14.1. The van der Waals surface area contributed by atoms with Crippen LogP contribution in [-0.2, 0) is 9.59 Å². The molecule has 50 heavy (non-hydrogen) atoms. The summed E-state index contributed by atoms with van der Waals surface area (Å²) >= 11 is 3.33. The summed E-state index contributed by atoms with van der Waals surface area (Å²) in [4.78, 5) is 45.9. The average molecular weight is 750 g/mol. The van der Waals surface area contributed by atoms with E-state index in [0.29, 0.717) is 16.7 Å². The fourth-order valence-corrected chi connectivity index (χ4v) is 4.09. The maximum Gasteiger partial charge on any atom is 0.573 e. The molecular weight excluding hydrogens is 721 g/mol. The number of carbonyl (C=O) groups excluding carboxylic acids is 4. The van der Waals surface area contributed by atoms with Gasteiger partial charge in [0.25, 0.3) is 11.8 Å². The number of amides is 2. The van der Waals surface area contributed by atoms with E-state index in [1.807, 2.05) is 36.4 Å². The van der Waals surface area contributed by atoms with Gasteiger partial charge in [-0.25, -0.2) is 11.0 Å². The SMILES string of the molecule is O=C(C=Cc1ccc(C=CC(=O)c2ccc(Br)cc2)cc1)NO.O=C(C=Cc1ccc(C=CC(=O)c2ccc(OC(F)(F)F)cc2)cc1)NO. The highest BCUT2D eigenvalue weighted by Gasteiger charge is 2.31. The van der Waals surface area contributed by atoms with Gasteiger partial charge in [0, 0.05) is 27.8 Å². The predicted molar refractivity (Wildman–Crippen MR) is 185 cm³/mol. The third-order valence-electron chi connectivity index (χ3n) is 6.30. The number of alkyl halides is 3. The summed E-state index contributed by atoms with van der Waals surface area (Å²) in [6.07, 6.45) is 6.77. The van der Waals surface area contributed by atoms with E-state index in [2.05, 4.69) is 20.7 Å². The largest absolute Gasteiger partial charge is 0.573 e. The van der Waals surface area contributed by atoms with Gasteiger partial charge in [0.2, 0.25) is 0 Å². The molecule has 0 unspecified atom stereocenters. The molecule has 0 bridgehead atoms. The summed E-state index contributed by atoms with van der Waals surface area (Å²) in [5.41, 5.74) is 6.94. The summed E-state index contributed by atoms with van der Waals surface area (Å²) in [6, 6.07) is 25.9. The molecule has 4 aromatic carbocycles. The zero-order valence-electron chi connectivity index (χ0n) is 25.8. The number of rotatable bonds is 11. The Morgan fingerprint density at radius 2 is 0.860 bits per heavy atom. The van der Waals surface area contributed by atoms with Gasteiger partial charge in [0.05, 0.1) is 0 Å². The molecule has 2 amide bonds. The van der Waals surface area contributed by atoms with Crippen LogP contribution in [0.25, 0.3) is 24.3 Å². The Hall–Kier alpha value is -5.89. The van der Waals surface area contributed by atoms with Crippen molar-refractivity contribution in [1.82, 2.24) is 11.0 Å². The van der Waals surface area contributed by atoms with Crippen LogP contribution in [0.1, 0.15) is 43.0 Å². The Morgan fingerprint density at radius 1 is 0.540 bits per heavy atom. The Balaban J connectivity index is 0.000000274. The highest BCUT2D eigenvalue weighted by molar-refractivity contribution is 9.10. The quantitative estimate of drug-likeness (QED) is 0.0530. The van der Waals surface area contributed by atoms with Crippen molar-refractivity contribution in [3.05, 3.63) is 159 Å². The predicted octanol–water partition coefficient (Wildman–Crippen LogP) is 7.86. The molecule has 256 valence electrons. The fourth-order valence-electron chi connectivity index (χ4n) is 3.83. The first-order valence-electron chi connectivity index (χ1n) is 14.4. The molecule has 0 saturated carbocycles. The van der Waals surface area contributed by atoms with Crippen molar-refractivity contribution < 1.29 is 47.5 Å². The number of carbonyl (C=O) groups is 4. The molecule has 0 fully saturated rings. The molecule has 13 heteroatoms. The second kappa shape index (κ2) is 19.2. The maximum absolute atomic E-state index is 12.1. The molecule has 4 aromatic rings. The van der Waals surface area contributed by atoms with Crippen molar-refractivity contribution in [3.63, 3.8) is 0 Å². The second-order valence-electron chi connectivity index (χ2n) is 9.93. The average Bonchev–Trinajstić information content (AvgIpc) is 3.11. The summed E-state index contributed by atoms with van der Waals surface area (Å²) in [6.45, 7) is 0. The van der Waals surface area contributed by atoms with Crippen LogP contribution in [0.4, 0.5) is 13.2 Å². The standard InChI is InChI=1S/C19H14F3NO4.C18H14BrNO3/c20-19(21,22)27-16-9-7-15(8-10-16)17(24)11-5-13-1-3-14(4-2-13)6-12-18(25)23-26;19-16-9-7-15(8-10-16)17(21)11-5-13-1-3-14(4-2-13)6-12-18(22)20-23/h1-12,26H,(H,23,25);1-12,23H,(H,20,22). The third-order valence-corrected chi connectivity index (χ3v) is 6.83. The van der Waals surface area contributed by atoms with E-state index < -0.39 is 23.9 Å². The van der Waals surface area contributed by atoms with E-state index >= 15 is 0 Å². The van der Waals surface area contributed by atoms with E-state index in [1.165, 1.54) is 47.4 Å². The minimum Gasteiger partial charge on any atom is -0.406 e. The molecular formula is C37H28BrF3N2O7. The zero-order valence-corrected chi connectivity index (χ0v) is 27.4. The van der Waals surface area contributed by atoms with Gasteiger partial charge in [-0.1, -0.05) is 76.6 Å². The van der Waals surface area contributed by atoms with Crippen molar-refractivity contribution in [2.75, 3.05) is 0 Å². The fraction of sp³-hybridized carbons (Fsp3) is 0.0270. The molecule has 4 rings (SSSR count). The van der Waals surface area contributed by atoms with Crippen LogP contribution in [0.3, 0.4) is 0 Å². The summed E-state index contributed by atoms with van der Waals surface area (Å²) in [5.74, 6) is -2.09. The van der Waals surface area contributed by atoms with Gasteiger partial charge in [-0.05, 0) is 95.1 Å². The highest BCUT2D eigenvalue weighted by atomic mass is 79.9. The number of benzene rings is 4. The molecule has 0 aliphatic rings. The number of halogens is 4. The molecule has 0 saturated heterocycles. The lowest BCUT2D eigenvalue weighted by molar-refractivity contribution is -0.274. The second-order valence-corrected chi connectivity index (χ2v) is 10.8. The normalized spacial score (nSPS) is 11.4. The van der Waals surface area contributed by atoms with Crippen LogP contribution in [0.15, 0.2) is 126 Å². The Labute approximate surface area is 292 Å². The number of hydroxylamine groups is 2. The van der Waals surface area contributed by atoms with Crippen molar-refractivity contribution in [3.8, 4) is 5.75 Å². The smallest absolute Gasteiger partial charge is 0.406 e. The maximum atomic E-state index is 12.1. The number of ketones is 2. The van der Waals surface area contributed by atoms with Crippen LogP contribution >= 0.6 is 15.9 Å². The number of hydrogen-bond donors (Lipinski definition) is 4. The number of allylic oxidation sites excluding steroid dienone is 2. The van der Waals surface area contributed by atoms with Gasteiger partial charge in [0.15, 0.2) is 11.6 Å². The first kappa shape index (κ1) is 38.6. The van der Waals surface area contributed by atoms with Crippen LogP contribution in [0, 0.1) is 0 Å². The minimum absolute atomic E-state index is 0.0684. The first-order valence-corrected chi connectivity index (χ1v) is 15.1. The van der Waals surface area contributed by atoms with Crippen molar-refractivity contribution in [2.24, 2.45) is 0 Å². The summed E-state index contributed by atoms with van der Waals surface area (Å²) in [5, 5.41) is 16.8. The molecule has 0 heterocycles. The topological polar surface area (TPSA) is 142 Å². The minimum atomic E-state index is -4.78. The lowest BCUT2D eigenvalue weighted by Gasteiger charge is -2.08. The van der Waals surface area contributed by atoms with Gasteiger partial charge >= 0.3 is 6.36 Å². The van der Waals surface area contributed by atoms with E-state index in [4.69, 9.17) is 10.4 Å². The molecule has 0 radical (unpaired) electrons. The monoisotopic (exact) mass is 748 g/mol. The first-order chi connectivity index (χ1) is 23.8. The number of ether oxygens (including phenoxy) is 1. The summed E-state index contributed by atoms with van der Waals surface area (Å²) in [7, 11) is 0. The molecule has 0 aliphatic heterocycles. The van der Waals surface area contributed by atoms with Crippen LogP contribution in [-0.4, -0.2) is 40.2 Å². The number of hydrogen-bond acceptors (Lipinski definition) is 7. The van der Waals surface area contributed by atoms with Crippen LogP contribution in [0.2, 0.25) is 0 Å². The Morgan fingerprint density at radius 3 is 1.18 bits per heavy atom. The van der Waals surface area contributed by atoms with Gasteiger partial charge < -0.3 is 4.74 Å². The molecule has 0 aromatic heterocycles. The van der Waals surface area contributed by atoms with Gasteiger partial charge in [-0.15, -0.1) is 13.2 Å². The summed E-state index contributed by atoms with van der Waals surface area (Å²) < 4.78 is 41.0. The molecule has 4 N–H and O–H groups in total. The van der Waals surface area contributed by atoms with E-state index in [1.54, 1.807) is 54.6 Å². The Kier molecular flexibility index (Phi) is 14.8. The van der Waals surface area contributed by atoms with E-state index in [0.717, 1.165) is 33.8 Å². The van der Waals surface area contributed by atoms with Crippen molar-refractivity contribution in [2.45, 2.75) is 6.36 Å². The lowest BCUT2D eigenvalue weighted by atomic mass is 10.1. The number of nitrogens with one attached hydrogen (secondary N) is 2. The zero-order chi connectivity index (χ0) is 36.5. The molecule has 9 nitrogen and oxygen atoms in total. The van der Waals surface area contributed by atoms with Gasteiger partial charge in [-0.2, -0.15) is 0 Å². The van der Waals surface area contributed by atoms with Crippen LogP contribution in [0.5, 0.6) is 5.75 Å². The lowest BCUT2D eigenvalue weighted by Crippen LogP contribution is -2.17. The van der Waals surface area contributed by atoms with E-state index in [-0.39, 0.29) is 17.1 Å². The highest BCUT2D eigenvalue weighted by Crippen LogP contribution is 2.23. The molecule has 0 aliphatic carbocycles. The molecule has 0 spiro atoms. The van der Waals surface area contributed by atoms with Gasteiger partial charge in [0.1, 0.15) is 5.75 Å². The molecule has 0 atom stereocenters. The van der Waals surface area contributed by atoms with Crippen LogP contribution < -0.4 is 15.7 Å². The Bertz CT molecular complexity index is 1880. The van der Waals surface area contributed by atoms with Gasteiger partial charge in [-0.3, -0.25) is 29.6 Å². The van der Waals surface area contributed by atoms with E-state index in [9.17, 15) is 32.3 Å². The van der Waals surface area contributed by atoms with Crippen molar-refractivity contribution in [1.29, 1.82) is 0 Å².